The van der Waals surface area contributed by atoms with Gasteiger partial charge < -0.3 is 15.5 Å². The molecule has 134 valence electrons. The molecule has 1 aliphatic heterocycles. The number of carbonyl (C=O) groups excluding carboxylic acids is 2. The molecule has 1 heterocycles. The lowest BCUT2D eigenvalue weighted by atomic mass is 9.96. The SMILES string of the molecule is CCN(CC(=O)Nc1c(F)cccc1F)C(=O)C1CCNCC1.Cl. The minimum Gasteiger partial charge on any atom is -0.333 e. The van der Waals surface area contributed by atoms with Crippen molar-refractivity contribution in [1.82, 2.24) is 10.2 Å². The zero-order valence-corrected chi connectivity index (χ0v) is 14.3. The number of benzene rings is 1. The first-order valence-corrected chi connectivity index (χ1v) is 7.76. The van der Waals surface area contributed by atoms with E-state index < -0.39 is 23.2 Å². The standard InChI is InChI=1S/C16H21F2N3O2.ClH/c1-2-21(16(23)11-6-8-19-9-7-11)10-14(22)20-15-12(17)4-3-5-13(15)18;/h3-5,11,19H,2,6-10H2,1H3,(H,20,22);1H. The number of hydrogen-bond donors (Lipinski definition) is 2. The van der Waals surface area contributed by atoms with Gasteiger partial charge in [0.15, 0.2) is 0 Å². The Hall–Kier alpha value is -1.73. The lowest BCUT2D eigenvalue weighted by Crippen LogP contribution is -2.44. The Labute approximate surface area is 146 Å². The molecule has 1 aromatic carbocycles. The predicted octanol–water partition coefficient (Wildman–Crippen LogP) is 2.17. The van der Waals surface area contributed by atoms with Crippen LogP contribution in [-0.2, 0) is 9.59 Å². The van der Waals surface area contributed by atoms with Crippen molar-refractivity contribution >= 4 is 29.9 Å². The molecule has 1 aromatic rings. The molecule has 1 aliphatic rings. The van der Waals surface area contributed by atoms with Gasteiger partial charge in [-0.25, -0.2) is 8.78 Å². The average Bonchev–Trinajstić information content (AvgIpc) is 2.56. The second kappa shape index (κ2) is 9.54. The zero-order chi connectivity index (χ0) is 16.8. The number of halogens is 3. The molecule has 5 nitrogen and oxygen atoms in total. The van der Waals surface area contributed by atoms with Crippen LogP contribution in [0.5, 0.6) is 0 Å². The van der Waals surface area contributed by atoms with E-state index in [0.29, 0.717) is 6.54 Å². The fraction of sp³-hybridized carbons (Fsp3) is 0.500. The highest BCUT2D eigenvalue weighted by atomic mass is 35.5. The molecule has 0 bridgehead atoms. The van der Waals surface area contributed by atoms with E-state index in [4.69, 9.17) is 0 Å². The second-order valence-electron chi connectivity index (χ2n) is 5.52. The Bertz CT molecular complexity index is 560. The number of nitrogens with zero attached hydrogens (tertiary/aromatic N) is 1. The monoisotopic (exact) mass is 361 g/mol. The number of rotatable bonds is 5. The van der Waals surface area contributed by atoms with Crippen LogP contribution in [0.3, 0.4) is 0 Å². The lowest BCUT2D eigenvalue weighted by Gasteiger charge is -2.28. The van der Waals surface area contributed by atoms with Gasteiger partial charge in [0.05, 0.1) is 6.54 Å². The van der Waals surface area contributed by atoms with Gasteiger partial charge in [-0.1, -0.05) is 6.07 Å². The maximum absolute atomic E-state index is 13.5. The van der Waals surface area contributed by atoms with Crippen LogP contribution >= 0.6 is 12.4 Å². The van der Waals surface area contributed by atoms with Gasteiger partial charge in [0.2, 0.25) is 11.8 Å². The number of para-hydroxylation sites is 1. The number of nitrogens with one attached hydrogen (secondary N) is 2. The molecule has 24 heavy (non-hydrogen) atoms. The Balaban J connectivity index is 0.00000288. The maximum Gasteiger partial charge on any atom is 0.244 e. The molecule has 0 radical (unpaired) electrons. The molecule has 0 spiro atoms. The fourth-order valence-corrected chi connectivity index (χ4v) is 2.64. The van der Waals surface area contributed by atoms with Gasteiger partial charge in [0.25, 0.3) is 0 Å². The minimum absolute atomic E-state index is 0. The van der Waals surface area contributed by atoms with Gasteiger partial charge in [-0.2, -0.15) is 0 Å². The Morgan fingerprint density at radius 3 is 2.38 bits per heavy atom. The first-order valence-electron chi connectivity index (χ1n) is 7.76. The number of piperidine rings is 1. The van der Waals surface area contributed by atoms with Crippen LogP contribution in [-0.4, -0.2) is 42.9 Å². The lowest BCUT2D eigenvalue weighted by molar-refractivity contribution is -0.138. The molecule has 0 atom stereocenters. The molecular weight excluding hydrogens is 340 g/mol. The summed E-state index contributed by atoms with van der Waals surface area (Å²) >= 11 is 0. The third-order valence-corrected chi connectivity index (χ3v) is 3.94. The van der Waals surface area contributed by atoms with Gasteiger partial charge in [0, 0.05) is 12.5 Å². The zero-order valence-electron chi connectivity index (χ0n) is 13.5. The van der Waals surface area contributed by atoms with E-state index in [0.717, 1.165) is 38.1 Å². The normalized spacial score (nSPS) is 14.6. The third-order valence-electron chi connectivity index (χ3n) is 3.94. The average molecular weight is 362 g/mol. The number of amides is 2. The Morgan fingerprint density at radius 2 is 1.83 bits per heavy atom. The van der Waals surface area contributed by atoms with Crippen LogP contribution < -0.4 is 10.6 Å². The van der Waals surface area contributed by atoms with Crippen molar-refractivity contribution in [2.45, 2.75) is 19.8 Å². The van der Waals surface area contributed by atoms with Crippen molar-refractivity contribution < 1.29 is 18.4 Å². The summed E-state index contributed by atoms with van der Waals surface area (Å²) in [7, 11) is 0. The van der Waals surface area contributed by atoms with Crippen molar-refractivity contribution in [3.63, 3.8) is 0 Å². The molecule has 2 amide bonds. The van der Waals surface area contributed by atoms with Gasteiger partial charge in [-0.05, 0) is 45.0 Å². The summed E-state index contributed by atoms with van der Waals surface area (Å²) in [5, 5.41) is 5.38. The highest BCUT2D eigenvalue weighted by Crippen LogP contribution is 2.18. The summed E-state index contributed by atoms with van der Waals surface area (Å²) in [6, 6.07) is 3.35. The second-order valence-corrected chi connectivity index (χ2v) is 5.52. The van der Waals surface area contributed by atoms with Crippen LogP contribution in [0.2, 0.25) is 0 Å². The molecule has 0 saturated carbocycles. The predicted molar refractivity (Wildman–Crippen MR) is 90.1 cm³/mol. The molecule has 0 aromatic heterocycles. The maximum atomic E-state index is 13.5. The minimum atomic E-state index is -0.842. The van der Waals surface area contributed by atoms with E-state index >= 15 is 0 Å². The van der Waals surface area contributed by atoms with Crippen LogP contribution in [0, 0.1) is 17.6 Å². The topological polar surface area (TPSA) is 61.4 Å². The highest BCUT2D eigenvalue weighted by Gasteiger charge is 2.26. The number of carbonyl (C=O) groups is 2. The number of anilines is 1. The van der Waals surface area contributed by atoms with Crippen molar-refractivity contribution in [1.29, 1.82) is 0 Å². The van der Waals surface area contributed by atoms with Crippen LogP contribution in [0.1, 0.15) is 19.8 Å². The van der Waals surface area contributed by atoms with Crippen molar-refractivity contribution in [2.24, 2.45) is 5.92 Å². The van der Waals surface area contributed by atoms with Crippen LogP contribution in [0.15, 0.2) is 18.2 Å². The summed E-state index contributed by atoms with van der Waals surface area (Å²) in [6.07, 6.45) is 1.47. The molecule has 1 saturated heterocycles. The highest BCUT2D eigenvalue weighted by molar-refractivity contribution is 5.95. The number of hydrogen-bond acceptors (Lipinski definition) is 3. The third kappa shape index (κ3) is 5.14. The van der Waals surface area contributed by atoms with Crippen molar-refractivity contribution in [3.8, 4) is 0 Å². The van der Waals surface area contributed by atoms with Crippen molar-refractivity contribution in [3.05, 3.63) is 29.8 Å². The van der Waals surface area contributed by atoms with E-state index in [1.165, 1.54) is 11.0 Å². The van der Waals surface area contributed by atoms with E-state index in [2.05, 4.69) is 10.6 Å². The van der Waals surface area contributed by atoms with Crippen LogP contribution in [0.4, 0.5) is 14.5 Å². The molecule has 1 fully saturated rings. The smallest absolute Gasteiger partial charge is 0.244 e. The van der Waals surface area contributed by atoms with E-state index in [1.54, 1.807) is 6.92 Å². The Kier molecular flexibility index (Phi) is 8.07. The van der Waals surface area contributed by atoms with Crippen molar-refractivity contribution in [2.75, 3.05) is 31.5 Å². The first kappa shape index (κ1) is 20.3. The molecule has 8 heteroatoms. The summed E-state index contributed by atoms with van der Waals surface area (Å²) in [5.41, 5.74) is -0.483. The molecule has 2 rings (SSSR count). The quantitative estimate of drug-likeness (QED) is 0.845. The van der Waals surface area contributed by atoms with E-state index in [9.17, 15) is 18.4 Å². The molecule has 2 N–H and O–H groups in total. The van der Waals surface area contributed by atoms with Gasteiger partial charge in [0.1, 0.15) is 17.3 Å². The van der Waals surface area contributed by atoms with Crippen LogP contribution in [0.25, 0.3) is 0 Å². The molecular formula is C16H22ClF2N3O2. The summed E-state index contributed by atoms with van der Waals surface area (Å²) in [6.45, 7) is 3.49. The Morgan fingerprint density at radius 1 is 1.25 bits per heavy atom. The first-order chi connectivity index (χ1) is 11.0. The largest absolute Gasteiger partial charge is 0.333 e. The summed E-state index contributed by atoms with van der Waals surface area (Å²) in [4.78, 5) is 25.9. The van der Waals surface area contributed by atoms with Gasteiger partial charge >= 0.3 is 0 Å². The summed E-state index contributed by atoms with van der Waals surface area (Å²) in [5.74, 6) is -2.48. The summed E-state index contributed by atoms with van der Waals surface area (Å²) < 4.78 is 27.1. The van der Waals surface area contributed by atoms with Gasteiger partial charge in [-0.3, -0.25) is 9.59 Å². The molecule has 0 aliphatic carbocycles. The molecule has 0 unspecified atom stereocenters. The number of likely N-dealkylation sites (N-methyl/N-ethyl adjacent to an activating group) is 1. The van der Waals surface area contributed by atoms with Gasteiger partial charge in [-0.15, -0.1) is 12.4 Å². The van der Waals surface area contributed by atoms with E-state index in [-0.39, 0.29) is 30.8 Å². The van der Waals surface area contributed by atoms with E-state index in [1.807, 2.05) is 0 Å². The fourth-order valence-electron chi connectivity index (χ4n) is 2.64.